The Bertz CT molecular complexity index is 346. The summed E-state index contributed by atoms with van der Waals surface area (Å²) in [7, 11) is 0. The lowest BCUT2D eigenvalue weighted by atomic mass is 9.93. The molecule has 0 spiro atoms. The Hall–Kier alpha value is -0.280. The molecule has 0 aliphatic carbocycles. The highest BCUT2D eigenvalue weighted by Gasteiger charge is 2.35. The first-order valence-electron chi connectivity index (χ1n) is 4.37. The molecule has 1 saturated heterocycles. The summed E-state index contributed by atoms with van der Waals surface area (Å²) in [4.78, 5) is 0. The van der Waals surface area contributed by atoms with E-state index in [1.165, 1.54) is 0 Å². The average molecular weight is 233 g/mol. The van der Waals surface area contributed by atoms with Crippen LogP contribution in [0.3, 0.4) is 0 Å². The van der Waals surface area contributed by atoms with E-state index in [0.29, 0.717) is 28.6 Å². The molecule has 1 aliphatic rings. The van der Waals surface area contributed by atoms with Crippen molar-refractivity contribution in [3.05, 3.63) is 33.8 Å². The second-order valence-corrected chi connectivity index (χ2v) is 4.30. The van der Waals surface area contributed by atoms with Crippen LogP contribution in [0.2, 0.25) is 10.0 Å². The van der Waals surface area contributed by atoms with E-state index in [1.54, 1.807) is 18.2 Å². The van der Waals surface area contributed by atoms with Crippen LogP contribution in [0.1, 0.15) is 12.0 Å². The molecule has 1 aromatic carbocycles. The second kappa shape index (κ2) is 3.70. The highest BCUT2D eigenvalue weighted by atomic mass is 35.5. The first-order valence-corrected chi connectivity index (χ1v) is 5.13. The summed E-state index contributed by atoms with van der Waals surface area (Å²) in [6, 6.07) is 5.08. The zero-order chi connectivity index (χ0) is 10.2. The van der Waals surface area contributed by atoms with Crippen LogP contribution >= 0.6 is 23.2 Å². The zero-order valence-corrected chi connectivity index (χ0v) is 8.98. The van der Waals surface area contributed by atoms with Gasteiger partial charge < -0.3 is 9.84 Å². The SMILES string of the molecule is OC1(c2cc(Cl)ccc2Cl)CCOC1. The molecule has 1 N–H and O–H groups in total. The van der Waals surface area contributed by atoms with Crippen molar-refractivity contribution in [3.63, 3.8) is 0 Å². The molecular weight excluding hydrogens is 223 g/mol. The topological polar surface area (TPSA) is 29.5 Å². The first kappa shape index (κ1) is 10.2. The fraction of sp³-hybridized carbons (Fsp3) is 0.400. The Balaban J connectivity index is 2.44. The zero-order valence-electron chi connectivity index (χ0n) is 7.46. The van der Waals surface area contributed by atoms with Crippen molar-refractivity contribution in [2.75, 3.05) is 13.2 Å². The summed E-state index contributed by atoms with van der Waals surface area (Å²) in [5.74, 6) is 0. The monoisotopic (exact) mass is 232 g/mol. The Morgan fingerprint density at radius 1 is 1.36 bits per heavy atom. The Kier molecular flexibility index (Phi) is 2.71. The van der Waals surface area contributed by atoms with Gasteiger partial charge in [0.2, 0.25) is 0 Å². The first-order chi connectivity index (χ1) is 6.62. The maximum absolute atomic E-state index is 10.2. The number of ether oxygens (including phenoxy) is 1. The lowest BCUT2D eigenvalue weighted by Crippen LogP contribution is -2.25. The van der Waals surface area contributed by atoms with Crippen molar-refractivity contribution >= 4 is 23.2 Å². The molecule has 0 saturated carbocycles. The van der Waals surface area contributed by atoms with Gasteiger partial charge in [-0.3, -0.25) is 0 Å². The van der Waals surface area contributed by atoms with E-state index in [-0.39, 0.29) is 6.61 Å². The van der Waals surface area contributed by atoms with Crippen LogP contribution in [0, 0.1) is 0 Å². The van der Waals surface area contributed by atoms with Crippen molar-refractivity contribution in [3.8, 4) is 0 Å². The number of aliphatic hydroxyl groups is 1. The molecule has 0 aromatic heterocycles. The van der Waals surface area contributed by atoms with Gasteiger partial charge in [0.1, 0.15) is 5.60 Å². The molecule has 2 rings (SSSR count). The third kappa shape index (κ3) is 1.75. The number of hydrogen-bond acceptors (Lipinski definition) is 2. The molecule has 1 aliphatic heterocycles. The normalized spacial score (nSPS) is 26.8. The van der Waals surface area contributed by atoms with Gasteiger partial charge in [0.15, 0.2) is 0 Å². The van der Waals surface area contributed by atoms with E-state index in [1.807, 2.05) is 0 Å². The van der Waals surface area contributed by atoms with Crippen molar-refractivity contribution in [2.45, 2.75) is 12.0 Å². The van der Waals surface area contributed by atoms with Gasteiger partial charge in [-0.2, -0.15) is 0 Å². The molecule has 1 aromatic rings. The fourth-order valence-electron chi connectivity index (χ4n) is 1.62. The highest BCUT2D eigenvalue weighted by molar-refractivity contribution is 6.33. The molecule has 0 radical (unpaired) electrons. The van der Waals surface area contributed by atoms with Gasteiger partial charge in [-0.05, 0) is 18.2 Å². The molecule has 4 heteroatoms. The van der Waals surface area contributed by atoms with Crippen molar-refractivity contribution in [2.24, 2.45) is 0 Å². The Morgan fingerprint density at radius 3 is 2.79 bits per heavy atom. The number of hydrogen-bond donors (Lipinski definition) is 1. The third-order valence-corrected chi connectivity index (χ3v) is 3.00. The standard InChI is InChI=1S/C10H10Cl2O2/c11-7-1-2-9(12)8(5-7)10(13)3-4-14-6-10/h1-2,5,13H,3-4,6H2. The number of rotatable bonds is 1. The van der Waals surface area contributed by atoms with Gasteiger partial charge in [-0.25, -0.2) is 0 Å². The van der Waals surface area contributed by atoms with E-state index >= 15 is 0 Å². The van der Waals surface area contributed by atoms with Crippen LogP contribution in [0.15, 0.2) is 18.2 Å². The van der Waals surface area contributed by atoms with Gasteiger partial charge in [0, 0.05) is 28.6 Å². The average Bonchev–Trinajstić information content (AvgIpc) is 2.58. The summed E-state index contributed by atoms with van der Waals surface area (Å²) in [6.45, 7) is 0.840. The molecule has 1 atom stereocenters. The minimum absolute atomic E-state index is 0.285. The van der Waals surface area contributed by atoms with Gasteiger partial charge in [0.25, 0.3) is 0 Å². The molecule has 0 amide bonds. The predicted molar refractivity (Wildman–Crippen MR) is 55.8 cm³/mol. The quantitative estimate of drug-likeness (QED) is 0.807. The lowest BCUT2D eigenvalue weighted by Gasteiger charge is -2.22. The highest BCUT2D eigenvalue weighted by Crippen LogP contribution is 2.36. The van der Waals surface area contributed by atoms with Gasteiger partial charge in [-0.1, -0.05) is 23.2 Å². The minimum atomic E-state index is -0.970. The van der Waals surface area contributed by atoms with Crippen molar-refractivity contribution < 1.29 is 9.84 Å². The summed E-state index contributed by atoms with van der Waals surface area (Å²) in [5, 5.41) is 11.3. The molecule has 76 valence electrons. The molecule has 1 heterocycles. The summed E-state index contributed by atoms with van der Waals surface area (Å²) >= 11 is 11.8. The van der Waals surface area contributed by atoms with Crippen LogP contribution in [0.25, 0.3) is 0 Å². The van der Waals surface area contributed by atoms with Gasteiger partial charge in [-0.15, -0.1) is 0 Å². The van der Waals surface area contributed by atoms with E-state index in [2.05, 4.69) is 0 Å². The number of halogens is 2. The van der Waals surface area contributed by atoms with Crippen LogP contribution in [-0.4, -0.2) is 18.3 Å². The molecule has 0 bridgehead atoms. The summed E-state index contributed by atoms with van der Waals surface area (Å²) < 4.78 is 5.16. The Morgan fingerprint density at radius 2 is 2.14 bits per heavy atom. The minimum Gasteiger partial charge on any atom is -0.383 e. The maximum atomic E-state index is 10.2. The predicted octanol–water partition coefficient (Wildman–Crippen LogP) is 2.60. The second-order valence-electron chi connectivity index (χ2n) is 3.46. The fourth-order valence-corrected chi connectivity index (χ4v) is 2.09. The largest absolute Gasteiger partial charge is 0.383 e. The van der Waals surface area contributed by atoms with Gasteiger partial charge in [0.05, 0.1) is 6.61 Å². The van der Waals surface area contributed by atoms with E-state index in [9.17, 15) is 5.11 Å². The van der Waals surface area contributed by atoms with E-state index in [0.717, 1.165) is 0 Å². The molecular formula is C10H10Cl2O2. The van der Waals surface area contributed by atoms with Crippen molar-refractivity contribution in [1.29, 1.82) is 0 Å². The van der Waals surface area contributed by atoms with Crippen molar-refractivity contribution in [1.82, 2.24) is 0 Å². The summed E-state index contributed by atoms with van der Waals surface area (Å²) in [5.41, 5.74) is -0.314. The van der Waals surface area contributed by atoms with E-state index in [4.69, 9.17) is 27.9 Å². The van der Waals surface area contributed by atoms with E-state index < -0.39 is 5.60 Å². The molecule has 1 fully saturated rings. The lowest BCUT2D eigenvalue weighted by molar-refractivity contribution is 0.0233. The van der Waals surface area contributed by atoms with Crippen LogP contribution in [-0.2, 0) is 10.3 Å². The molecule has 2 nitrogen and oxygen atoms in total. The molecule has 1 unspecified atom stereocenters. The van der Waals surface area contributed by atoms with Crippen LogP contribution < -0.4 is 0 Å². The summed E-state index contributed by atoms with van der Waals surface area (Å²) in [6.07, 6.45) is 0.563. The number of benzene rings is 1. The maximum Gasteiger partial charge on any atom is 0.117 e. The third-order valence-electron chi connectivity index (χ3n) is 2.43. The Labute approximate surface area is 92.4 Å². The smallest absolute Gasteiger partial charge is 0.117 e. The van der Waals surface area contributed by atoms with Gasteiger partial charge >= 0.3 is 0 Å². The van der Waals surface area contributed by atoms with Crippen LogP contribution in [0.5, 0.6) is 0 Å². The molecule has 14 heavy (non-hydrogen) atoms. The van der Waals surface area contributed by atoms with Crippen LogP contribution in [0.4, 0.5) is 0 Å².